The Morgan fingerprint density at radius 3 is 2.61 bits per heavy atom. The van der Waals surface area contributed by atoms with Gasteiger partial charge in [0.1, 0.15) is 23.0 Å². The van der Waals surface area contributed by atoms with E-state index in [2.05, 4.69) is 34.2 Å². The molecule has 0 bridgehead atoms. The number of nitrogens with one attached hydrogen (secondary N) is 1. The van der Waals surface area contributed by atoms with E-state index in [1.54, 1.807) is 13.3 Å². The number of benzene rings is 2. The van der Waals surface area contributed by atoms with Crippen LogP contribution >= 0.6 is 0 Å². The molecule has 5 aromatic rings. The molecule has 5 rings (SSSR count). The number of nitrogens with zero attached hydrogens (tertiary/aromatic N) is 3. The quantitative estimate of drug-likeness (QED) is 0.464. The highest BCUT2D eigenvalue weighted by atomic mass is 16.5. The van der Waals surface area contributed by atoms with Crippen LogP contribution in [0.5, 0.6) is 5.75 Å². The second kappa shape index (κ2) is 7.12. The van der Waals surface area contributed by atoms with Crippen molar-refractivity contribution >= 4 is 16.6 Å². The van der Waals surface area contributed by atoms with E-state index in [4.69, 9.17) is 9.26 Å². The van der Waals surface area contributed by atoms with Gasteiger partial charge in [0.25, 0.3) is 5.56 Å². The van der Waals surface area contributed by atoms with Crippen LogP contribution in [0.15, 0.2) is 58.0 Å². The molecule has 0 fully saturated rings. The van der Waals surface area contributed by atoms with E-state index in [0.29, 0.717) is 22.5 Å². The van der Waals surface area contributed by atoms with Crippen molar-refractivity contribution in [3.05, 3.63) is 81.9 Å². The molecule has 0 saturated carbocycles. The van der Waals surface area contributed by atoms with Crippen LogP contribution in [0.1, 0.15) is 35.7 Å². The van der Waals surface area contributed by atoms with Gasteiger partial charge in [-0.15, -0.1) is 0 Å². The number of fused-ring (bicyclic) bond motifs is 3. The Morgan fingerprint density at radius 2 is 1.94 bits per heavy atom. The highest BCUT2D eigenvalue weighted by molar-refractivity contribution is 5.90. The maximum Gasteiger partial charge on any atom is 0.258 e. The van der Waals surface area contributed by atoms with Gasteiger partial charge in [-0.25, -0.2) is 4.98 Å². The van der Waals surface area contributed by atoms with Gasteiger partial charge in [-0.1, -0.05) is 42.4 Å². The Balaban J connectivity index is 1.83. The van der Waals surface area contributed by atoms with Crippen molar-refractivity contribution in [1.29, 1.82) is 0 Å². The first kappa shape index (κ1) is 19.1. The molecule has 31 heavy (non-hydrogen) atoms. The summed E-state index contributed by atoms with van der Waals surface area (Å²) in [7, 11) is 1.62. The lowest BCUT2D eigenvalue weighted by atomic mass is 9.99. The van der Waals surface area contributed by atoms with Crippen LogP contribution < -0.4 is 10.3 Å². The first-order valence-electron chi connectivity index (χ1n) is 10.1. The van der Waals surface area contributed by atoms with Crippen LogP contribution in [0.2, 0.25) is 0 Å². The molecule has 3 aromatic heterocycles. The molecule has 0 unspecified atom stereocenters. The molecular formula is C24H22N4O3. The fourth-order valence-electron chi connectivity index (χ4n) is 4.26. The minimum atomic E-state index is -0.183. The molecule has 1 N–H and O–H groups in total. The number of aromatic nitrogens is 4. The Hall–Kier alpha value is -3.87. The van der Waals surface area contributed by atoms with Gasteiger partial charge in [0.15, 0.2) is 0 Å². The van der Waals surface area contributed by atoms with Crippen LogP contribution in [-0.4, -0.2) is 26.6 Å². The van der Waals surface area contributed by atoms with Crippen molar-refractivity contribution in [3.63, 3.8) is 0 Å². The molecule has 2 aromatic carbocycles. The molecule has 0 amide bonds. The Kier molecular flexibility index (Phi) is 4.39. The van der Waals surface area contributed by atoms with Crippen molar-refractivity contribution < 1.29 is 9.26 Å². The summed E-state index contributed by atoms with van der Waals surface area (Å²) >= 11 is 0. The molecule has 0 saturated heterocycles. The number of imidazole rings is 1. The molecule has 0 aliphatic rings. The van der Waals surface area contributed by atoms with E-state index >= 15 is 0 Å². The minimum absolute atomic E-state index is 0.0334. The number of hydrogen-bond acceptors (Lipinski definition) is 5. The van der Waals surface area contributed by atoms with Crippen LogP contribution in [0.3, 0.4) is 0 Å². The molecule has 7 heteroatoms. The van der Waals surface area contributed by atoms with Crippen molar-refractivity contribution in [3.8, 4) is 16.9 Å². The molecule has 0 spiro atoms. The molecule has 7 nitrogen and oxygen atoms in total. The third kappa shape index (κ3) is 2.92. The number of rotatable bonds is 4. The predicted octanol–water partition coefficient (Wildman–Crippen LogP) is 4.61. The van der Waals surface area contributed by atoms with Crippen molar-refractivity contribution in [2.45, 2.75) is 26.7 Å². The van der Waals surface area contributed by atoms with Crippen molar-refractivity contribution in [2.75, 3.05) is 7.11 Å². The van der Waals surface area contributed by atoms with E-state index < -0.39 is 0 Å². The zero-order valence-electron chi connectivity index (χ0n) is 17.8. The average Bonchev–Trinajstić information content (AvgIpc) is 3.36. The normalized spacial score (nSPS) is 12.5. The summed E-state index contributed by atoms with van der Waals surface area (Å²) in [4.78, 5) is 20.6. The van der Waals surface area contributed by atoms with Gasteiger partial charge in [-0.05, 0) is 25.5 Å². The Labute approximate surface area is 178 Å². The number of aryl methyl sites for hydroxylation is 2. The highest BCUT2D eigenvalue weighted by Crippen LogP contribution is 2.37. The summed E-state index contributed by atoms with van der Waals surface area (Å²) in [6.45, 7) is 5.83. The second-order valence-corrected chi connectivity index (χ2v) is 7.69. The SMILES string of the molecule is COc1cc2c(cc1-c1c(C)noc1C)c(=O)[nH]c1cnc([C@@H](C)c3ccccc3)n12. The van der Waals surface area contributed by atoms with Gasteiger partial charge >= 0.3 is 0 Å². The minimum Gasteiger partial charge on any atom is -0.496 e. The van der Waals surface area contributed by atoms with Gasteiger partial charge in [-0.3, -0.25) is 9.20 Å². The fourth-order valence-corrected chi connectivity index (χ4v) is 4.26. The number of methoxy groups -OCH3 is 1. The molecule has 156 valence electrons. The molecule has 0 aliphatic carbocycles. The lowest BCUT2D eigenvalue weighted by molar-refractivity contribution is 0.393. The maximum absolute atomic E-state index is 13.0. The van der Waals surface area contributed by atoms with Gasteiger partial charge in [0.2, 0.25) is 0 Å². The monoisotopic (exact) mass is 414 g/mol. The maximum atomic E-state index is 13.0. The van der Waals surface area contributed by atoms with E-state index in [1.165, 1.54) is 0 Å². The first-order chi connectivity index (χ1) is 15.0. The van der Waals surface area contributed by atoms with E-state index in [9.17, 15) is 4.79 Å². The number of hydrogen-bond donors (Lipinski definition) is 1. The Bertz CT molecular complexity index is 1460. The summed E-state index contributed by atoms with van der Waals surface area (Å²) < 4.78 is 13.1. The third-order valence-electron chi connectivity index (χ3n) is 5.82. The standard InChI is InChI=1S/C24H22N4O3/c1-13(16-8-6-5-7-9-16)23-25-12-21-26-24(29)17-10-18(22-14(2)27-31-15(22)3)20(30-4)11-19(17)28(21)23/h5-13H,1-4H3,(H,26,29)/t13-/m0/s1. The van der Waals surface area contributed by atoms with E-state index in [1.807, 2.05) is 48.6 Å². The van der Waals surface area contributed by atoms with Gasteiger partial charge < -0.3 is 14.2 Å². The lowest BCUT2D eigenvalue weighted by Crippen LogP contribution is -2.12. The fraction of sp³-hybridized carbons (Fsp3) is 0.208. The zero-order chi connectivity index (χ0) is 21.7. The number of aromatic amines is 1. The van der Waals surface area contributed by atoms with Crippen molar-refractivity contribution in [1.82, 2.24) is 19.5 Å². The largest absolute Gasteiger partial charge is 0.496 e. The second-order valence-electron chi connectivity index (χ2n) is 7.69. The molecule has 0 aliphatic heterocycles. The molecule has 1 atom stereocenters. The summed E-state index contributed by atoms with van der Waals surface area (Å²) in [5.41, 5.74) is 4.69. The number of H-pyrrole nitrogens is 1. The van der Waals surface area contributed by atoms with Gasteiger partial charge in [0, 0.05) is 17.5 Å². The lowest BCUT2D eigenvalue weighted by Gasteiger charge is -2.15. The summed E-state index contributed by atoms with van der Waals surface area (Å²) in [6.07, 6.45) is 1.70. The molecule has 3 heterocycles. The van der Waals surface area contributed by atoms with Gasteiger partial charge in [-0.2, -0.15) is 0 Å². The van der Waals surface area contributed by atoms with Crippen LogP contribution in [0.25, 0.3) is 27.7 Å². The number of ether oxygens (including phenoxy) is 1. The van der Waals surface area contributed by atoms with Crippen LogP contribution in [0, 0.1) is 13.8 Å². The molecule has 0 radical (unpaired) electrons. The predicted molar refractivity (Wildman–Crippen MR) is 119 cm³/mol. The van der Waals surface area contributed by atoms with E-state index in [0.717, 1.165) is 33.7 Å². The summed E-state index contributed by atoms with van der Waals surface area (Å²) in [5, 5.41) is 4.60. The van der Waals surface area contributed by atoms with Gasteiger partial charge in [0.05, 0.1) is 35.5 Å². The Morgan fingerprint density at radius 1 is 1.16 bits per heavy atom. The summed E-state index contributed by atoms with van der Waals surface area (Å²) in [6, 6.07) is 13.9. The average molecular weight is 414 g/mol. The van der Waals surface area contributed by atoms with Crippen LogP contribution in [-0.2, 0) is 0 Å². The van der Waals surface area contributed by atoms with Crippen LogP contribution in [0.4, 0.5) is 0 Å². The first-order valence-corrected chi connectivity index (χ1v) is 10.1. The topological polar surface area (TPSA) is 85.4 Å². The summed E-state index contributed by atoms with van der Waals surface area (Å²) in [5.74, 6) is 2.19. The van der Waals surface area contributed by atoms with E-state index in [-0.39, 0.29) is 11.5 Å². The highest BCUT2D eigenvalue weighted by Gasteiger charge is 2.21. The van der Waals surface area contributed by atoms with Crippen molar-refractivity contribution in [2.24, 2.45) is 0 Å². The molecular weight excluding hydrogens is 392 g/mol. The zero-order valence-corrected chi connectivity index (χ0v) is 17.8. The smallest absolute Gasteiger partial charge is 0.258 e. The third-order valence-corrected chi connectivity index (χ3v) is 5.82.